The molecule has 1 saturated heterocycles. The molecule has 0 aromatic carbocycles. The molecule has 3 rings (SSSR count). The molecule has 1 N–H and O–H groups in total. The fourth-order valence-corrected chi connectivity index (χ4v) is 2.66. The molecule has 1 aromatic rings. The molecule has 0 aliphatic carbocycles. The minimum atomic E-state index is 0.315. The Hall–Kier alpha value is -0.940. The SMILES string of the molecule is CC1CC(c2nnc3n2CCNC3C)CO1. The summed E-state index contributed by atoms with van der Waals surface area (Å²) in [6, 6.07) is 0.315. The summed E-state index contributed by atoms with van der Waals surface area (Å²) in [7, 11) is 0. The zero-order valence-corrected chi connectivity index (χ0v) is 9.81. The number of hydrogen-bond acceptors (Lipinski definition) is 4. The number of nitrogens with zero attached hydrogens (tertiary/aromatic N) is 3. The van der Waals surface area contributed by atoms with Gasteiger partial charge < -0.3 is 14.6 Å². The van der Waals surface area contributed by atoms with Crippen LogP contribution >= 0.6 is 0 Å². The lowest BCUT2D eigenvalue weighted by Crippen LogP contribution is -2.33. The van der Waals surface area contributed by atoms with Gasteiger partial charge in [0.05, 0.1) is 18.8 Å². The predicted molar refractivity (Wildman–Crippen MR) is 59.2 cm³/mol. The van der Waals surface area contributed by atoms with E-state index in [0.717, 1.165) is 37.8 Å². The first kappa shape index (κ1) is 10.2. The number of rotatable bonds is 1. The van der Waals surface area contributed by atoms with E-state index < -0.39 is 0 Å². The van der Waals surface area contributed by atoms with Crippen LogP contribution in [0.2, 0.25) is 0 Å². The Labute approximate surface area is 95.2 Å². The van der Waals surface area contributed by atoms with Crippen molar-refractivity contribution in [3.63, 3.8) is 0 Å². The first-order valence-electron chi connectivity index (χ1n) is 6.03. The van der Waals surface area contributed by atoms with Crippen LogP contribution in [0.4, 0.5) is 0 Å². The second-order valence-electron chi connectivity index (χ2n) is 4.82. The lowest BCUT2D eigenvalue weighted by molar-refractivity contribution is 0.123. The van der Waals surface area contributed by atoms with Gasteiger partial charge in [-0.05, 0) is 20.3 Å². The highest BCUT2D eigenvalue weighted by molar-refractivity contribution is 5.08. The van der Waals surface area contributed by atoms with Crippen LogP contribution in [0.25, 0.3) is 0 Å². The van der Waals surface area contributed by atoms with Gasteiger partial charge in [0.15, 0.2) is 0 Å². The van der Waals surface area contributed by atoms with E-state index in [9.17, 15) is 0 Å². The van der Waals surface area contributed by atoms with Gasteiger partial charge in [0.25, 0.3) is 0 Å². The van der Waals surface area contributed by atoms with Crippen LogP contribution in [0, 0.1) is 0 Å². The minimum absolute atomic E-state index is 0.315. The summed E-state index contributed by atoms with van der Waals surface area (Å²) in [5, 5.41) is 12.1. The Morgan fingerprint density at radius 3 is 2.88 bits per heavy atom. The topological polar surface area (TPSA) is 52.0 Å². The minimum Gasteiger partial charge on any atom is -0.378 e. The fourth-order valence-electron chi connectivity index (χ4n) is 2.66. The average molecular weight is 222 g/mol. The van der Waals surface area contributed by atoms with E-state index in [4.69, 9.17) is 4.74 Å². The van der Waals surface area contributed by atoms with Gasteiger partial charge in [-0.2, -0.15) is 0 Å². The van der Waals surface area contributed by atoms with E-state index in [1.54, 1.807) is 0 Å². The van der Waals surface area contributed by atoms with Gasteiger partial charge in [-0.3, -0.25) is 0 Å². The van der Waals surface area contributed by atoms with Crippen LogP contribution < -0.4 is 5.32 Å². The van der Waals surface area contributed by atoms with Crippen molar-refractivity contribution in [3.8, 4) is 0 Å². The molecule has 3 atom stereocenters. The molecule has 16 heavy (non-hydrogen) atoms. The zero-order valence-electron chi connectivity index (χ0n) is 9.81. The lowest BCUT2D eigenvalue weighted by atomic mass is 10.1. The molecule has 5 heteroatoms. The highest BCUT2D eigenvalue weighted by Gasteiger charge is 2.30. The number of aromatic nitrogens is 3. The quantitative estimate of drug-likeness (QED) is 0.765. The normalized spacial score (nSPS) is 34.0. The maximum atomic E-state index is 5.61. The van der Waals surface area contributed by atoms with Crippen LogP contribution in [-0.4, -0.2) is 34.0 Å². The van der Waals surface area contributed by atoms with Crippen LogP contribution in [0.1, 0.15) is 43.9 Å². The molecule has 3 unspecified atom stereocenters. The fraction of sp³-hybridized carbons (Fsp3) is 0.818. The maximum absolute atomic E-state index is 5.61. The van der Waals surface area contributed by atoms with Gasteiger partial charge in [0, 0.05) is 19.0 Å². The number of ether oxygens (including phenoxy) is 1. The molecule has 0 saturated carbocycles. The molecule has 0 spiro atoms. The Morgan fingerprint density at radius 1 is 1.31 bits per heavy atom. The summed E-state index contributed by atoms with van der Waals surface area (Å²) in [6.07, 6.45) is 1.43. The summed E-state index contributed by atoms with van der Waals surface area (Å²) < 4.78 is 7.88. The molecule has 1 fully saturated rings. The molecule has 1 aromatic heterocycles. The summed E-state index contributed by atoms with van der Waals surface area (Å²) in [4.78, 5) is 0. The Kier molecular flexibility index (Phi) is 2.44. The van der Waals surface area contributed by atoms with Gasteiger partial charge in [-0.25, -0.2) is 0 Å². The first-order chi connectivity index (χ1) is 7.75. The molecule has 88 valence electrons. The molecule has 0 bridgehead atoms. The van der Waals surface area contributed by atoms with Crippen molar-refractivity contribution in [2.24, 2.45) is 0 Å². The molecule has 3 heterocycles. The predicted octanol–water partition coefficient (Wildman–Crippen LogP) is 0.835. The van der Waals surface area contributed by atoms with Crippen molar-refractivity contribution >= 4 is 0 Å². The second-order valence-corrected chi connectivity index (χ2v) is 4.82. The Balaban J connectivity index is 1.91. The summed E-state index contributed by atoms with van der Waals surface area (Å²) >= 11 is 0. The van der Waals surface area contributed by atoms with Crippen molar-refractivity contribution in [2.75, 3.05) is 13.2 Å². The second kappa shape index (κ2) is 3.82. The van der Waals surface area contributed by atoms with Crippen molar-refractivity contribution in [1.82, 2.24) is 20.1 Å². The molecular weight excluding hydrogens is 204 g/mol. The average Bonchev–Trinajstić information content (AvgIpc) is 2.84. The number of hydrogen-bond donors (Lipinski definition) is 1. The maximum Gasteiger partial charge on any atom is 0.149 e. The zero-order chi connectivity index (χ0) is 11.1. The number of fused-ring (bicyclic) bond motifs is 1. The molecule has 0 radical (unpaired) electrons. The van der Waals surface area contributed by atoms with E-state index >= 15 is 0 Å². The van der Waals surface area contributed by atoms with E-state index in [2.05, 4.69) is 33.9 Å². The molecule has 0 amide bonds. The summed E-state index contributed by atoms with van der Waals surface area (Å²) in [5.41, 5.74) is 0. The van der Waals surface area contributed by atoms with Crippen molar-refractivity contribution < 1.29 is 4.74 Å². The Morgan fingerprint density at radius 2 is 2.12 bits per heavy atom. The molecule has 5 nitrogen and oxygen atoms in total. The standard InChI is InChI=1S/C11H18N4O/c1-7-5-9(6-16-7)11-14-13-10-8(2)12-3-4-15(10)11/h7-9,12H,3-6H2,1-2H3. The van der Waals surface area contributed by atoms with E-state index in [-0.39, 0.29) is 0 Å². The van der Waals surface area contributed by atoms with Crippen LogP contribution in [0.15, 0.2) is 0 Å². The third-order valence-corrected chi connectivity index (χ3v) is 3.54. The third kappa shape index (κ3) is 1.55. The highest BCUT2D eigenvalue weighted by atomic mass is 16.5. The van der Waals surface area contributed by atoms with Gasteiger partial charge in [-0.1, -0.05) is 0 Å². The molecule has 2 aliphatic heterocycles. The Bertz CT molecular complexity index is 389. The van der Waals surface area contributed by atoms with Gasteiger partial charge in [0.1, 0.15) is 11.6 Å². The molecule has 2 aliphatic rings. The van der Waals surface area contributed by atoms with Crippen LogP contribution in [0.5, 0.6) is 0 Å². The lowest BCUT2D eigenvalue weighted by Gasteiger charge is -2.22. The highest BCUT2D eigenvalue weighted by Crippen LogP contribution is 2.29. The summed E-state index contributed by atoms with van der Waals surface area (Å²) in [5.74, 6) is 2.62. The van der Waals surface area contributed by atoms with Crippen LogP contribution in [-0.2, 0) is 11.3 Å². The summed E-state index contributed by atoms with van der Waals surface area (Å²) in [6.45, 7) is 7.03. The van der Waals surface area contributed by atoms with E-state index in [1.807, 2.05) is 0 Å². The smallest absolute Gasteiger partial charge is 0.149 e. The van der Waals surface area contributed by atoms with Gasteiger partial charge >= 0.3 is 0 Å². The van der Waals surface area contributed by atoms with Gasteiger partial charge in [-0.15, -0.1) is 10.2 Å². The van der Waals surface area contributed by atoms with Crippen molar-refractivity contribution in [3.05, 3.63) is 11.6 Å². The number of nitrogens with one attached hydrogen (secondary N) is 1. The first-order valence-corrected chi connectivity index (χ1v) is 6.03. The van der Waals surface area contributed by atoms with Crippen molar-refractivity contribution in [2.45, 2.75) is 44.9 Å². The molecular formula is C11H18N4O. The third-order valence-electron chi connectivity index (χ3n) is 3.54. The van der Waals surface area contributed by atoms with Crippen LogP contribution in [0.3, 0.4) is 0 Å². The van der Waals surface area contributed by atoms with E-state index in [1.165, 1.54) is 0 Å². The van der Waals surface area contributed by atoms with Crippen molar-refractivity contribution in [1.29, 1.82) is 0 Å². The van der Waals surface area contributed by atoms with Gasteiger partial charge in [0.2, 0.25) is 0 Å². The largest absolute Gasteiger partial charge is 0.378 e. The van der Waals surface area contributed by atoms with E-state index in [0.29, 0.717) is 18.1 Å². The monoisotopic (exact) mass is 222 g/mol.